The fourth-order valence-electron chi connectivity index (χ4n) is 3.48. The van der Waals surface area contributed by atoms with Crippen LogP contribution in [0.2, 0.25) is 0 Å². The van der Waals surface area contributed by atoms with Gasteiger partial charge in [-0.3, -0.25) is 0 Å². The summed E-state index contributed by atoms with van der Waals surface area (Å²) in [5.74, 6) is 1.31. The molecule has 0 spiro atoms. The lowest BCUT2D eigenvalue weighted by Crippen LogP contribution is -2.06. The van der Waals surface area contributed by atoms with Crippen molar-refractivity contribution in [3.05, 3.63) is 89.0 Å². The van der Waals surface area contributed by atoms with Crippen molar-refractivity contribution < 1.29 is 4.74 Å². The van der Waals surface area contributed by atoms with Crippen molar-refractivity contribution in [1.82, 2.24) is 0 Å². The van der Waals surface area contributed by atoms with Gasteiger partial charge in [-0.05, 0) is 66.8 Å². The number of hydrogen-bond donors (Lipinski definition) is 0. The molecule has 132 valence electrons. The average molecular weight is 361 g/mol. The average Bonchev–Trinajstić information content (AvgIpc) is 2.65. The quantitative estimate of drug-likeness (QED) is 0.401. The van der Waals surface area contributed by atoms with Crippen molar-refractivity contribution in [3.63, 3.8) is 0 Å². The van der Waals surface area contributed by atoms with E-state index in [1.807, 2.05) is 11.8 Å². The lowest BCUT2D eigenvalue weighted by atomic mass is 9.91. The van der Waals surface area contributed by atoms with Crippen LogP contribution in [-0.2, 0) is 6.42 Å². The molecule has 0 aromatic heterocycles. The van der Waals surface area contributed by atoms with Crippen molar-refractivity contribution in [2.75, 3.05) is 0 Å². The Morgan fingerprint density at radius 1 is 0.769 bits per heavy atom. The van der Waals surface area contributed by atoms with Crippen molar-refractivity contribution in [1.29, 1.82) is 0 Å². The van der Waals surface area contributed by atoms with Crippen LogP contribution in [0.15, 0.2) is 76.5 Å². The zero-order valence-electron chi connectivity index (χ0n) is 15.5. The fraction of sp³-hybridized carbons (Fsp3) is 0.250. The summed E-state index contributed by atoms with van der Waals surface area (Å²) in [5, 5.41) is 0. The molecule has 1 atom stereocenters. The first kappa shape index (κ1) is 17.2. The lowest BCUT2D eigenvalue weighted by Gasteiger charge is -2.21. The first-order chi connectivity index (χ1) is 12.6. The molecule has 1 aliphatic rings. The molecular formula is C24H24OS. The Labute approximate surface area is 160 Å². The molecule has 0 saturated carbocycles. The summed E-state index contributed by atoms with van der Waals surface area (Å²) in [4.78, 5) is 2.78. The Kier molecular flexibility index (Phi) is 4.78. The van der Waals surface area contributed by atoms with Crippen molar-refractivity contribution in [2.24, 2.45) is 0 Å². The van der Waals surface area contributed by atoms with Crippen LogP contribution in [0.25, 0.3) is 0 Å². The third-order valence-corrected chi connectivity index (χ3v) is 6.15. The zero-order valence-corrected chi connectivity index (χ0v) is 16.3. The molecule has 3 aromatic rings. The highest BCUT2D eigenvalue weighted by Crippen LogP contribution is 2.40. The summed E-state index contributed by atoms with van der Waals surface area (Å²) < 4.78 is 5.76. The normalized spacial score (nSPS) is 13.8. The Morgan fingerprint density at radius 2 is 1.46 bits per heavy atom. The van der Waals surface area contributed by atoms with E-state index in [4.69, 9.17) is 4.74 Å². The maximum atomic E-state index is 5.76. The molecule has 0 amide bonds. The van der Waals surface area contributed by atoms with Gasteiger partial charge in [-0.1, -0.05) is 61.2 Å². The number of benzene rings is 3. The van der Waals surface area contributed by atoms with E-state index in [2.05, 4.69) is 87.5 Å². The summed E-state index contributed by atoms with van der Waals surface area (Å²) >= 11 is 1.89. The maximum Gasteiger partial charge on any atom is 0.119 e. The van der Waals surface area contributed by atoms with E-state index in [-0.39, 0.29) is 6.10 Å². The first-order valence-corrected chi connectivity index (χ1v) is 10.1. The van der Waals surface area contributed by atoms with Gasteiger partial charge in [0.05, 0.1) is 6.10 Å². The molecule has 2 heteroatoms. The summed E-state index contributed by atoms with van der Waals surface area (Å²) in [6.45, 7) is 6.39. The van der Waals surface area contributed by atoms with Crippen molar-refractivity contribution in [3.8, 4) is 5.75 Å². The monoisotopic (exact) mass is 360 g/mol. The lowest BCUT2D eigenvalue weighted by molar-refractivity contribution is 0.242. The Bertz CT molecular complexity index is 912. The van der Waals surface area contributed by atoms with Gasteiger partial charge in [-0.25, -0.2) is 0 Å². The number of hydrogen-bond acceptors (Lipinski definition) is 2. The van der Waals surface area contributed by atoms with Gasteiger partial charge < -0.3 is 4.74 Å². The van der Waals surface area contributed by atoms with Gasteiger partial charge in [0.25, 0.3) is 0 Å². The van der Waals surface area contributed by atoms with Gasteiger partial charge in [0.15, 0.2) is 0 Å². The molecular weight excluding hydrogens is 336 g/mol. The third-order valence-electron chi connectivity index (χ3n) is 4.91. The summed E-state index contributed by atoms with van der Waals surface area (Å²) in [7, 11) is 0. The minimum absolute atomic E-state index is 0.208. The smallest absolute Gasteiger partial charge is 0.119 e. The molecule has 4 rings (SSSR count). The van der Waals surface area contributed by atoms with Gasteiger partial charge >= 0.3 is 0 Å². The summed E-state index contributed by atoms with van der Waals surface area (Å²) in [5.41, 5.74) is 5.58. The summed E-state index contributed by atoms with van der Waals surface area (Å²) in [6.07, 6.45) is 1.24. The Hall–Kier alpha value is -2.19. The topological polar surface area (TPSA) is 9.23 Å². The van der Waals surface area contributed by atoms with Crippen LogP contribution in [0.1, 0.15) is 48.9 Å². The Morgan fingerprint density at radius 3 is 2.23 bits per heavy atom. The predicted octanol–water partition coefficient (Wildman–Crippen LogP) is 6.68. The molecule has 0 N–H and O–H groups in total. The number of ether oxygens (including phenoxy) is 1. The van der Waals surface area contributed by atoms with Gasteiger partial charge in [0.1, 0.15) is 5.75 Å². The van der Waals surface area contributed by atoms with Crippen molar-refractivity contribution in [2.45, 2.75) is 49.0 Å². The Balaban J connectivity index is 1.57. The SMILES string of the molecule is CC(C)Oc1ccc(C(C)c2ccc3c(c2)Cc2ccccc2S3)cc1. The molecule has 1 heterocycles. The van der Waals surface area contributed by atoms with Gasteiger partial charge in [0.2, 0.25) is 0 Å². The van der Waals surface area contributed by atoms with Crippen LogP contribution < -0.4 is 4.74 Å². The predicted molar refractivity (Wildman–Crippen MR) is 110 cm³/mol. The molecule has 0 radical (unpaired) electrons. The standard InChI is InChI=1S/C24H24OS/c1-16(2)25-22-11-8-18(9-12-22)17(3)19-10-13-24-21(14-19)15-20-6-4-5-7-23(20)26-24/h4-14,16-17H,15H2,1-3H3. The van der Waals surface area contributed by atoms with E-state index >= 15 is 0 Å². The molecule has 0 aliphatic carbocycles. The minimum Gasteiger partial charge on any atom is -0.491 e. The van der Waals surface area contributed by atoms with E-state index < -0.39 is 0 Å². The largest absolute Gasteiger partial charge is 0.491 e. The molecule has 0 bridgehead atoms. The van der Waals surface area contributed by atoms with E-state index in [0.29, 0.717) is 5.92 Å². The van der Waals surface area contributed by atoms with Crippen LogP contribution in [0.4, 0.5) is 0 Å². The molecule has 0 fully saturated rings. The fourth-order valence-corrected chi connectivity index (χ4v) is 4.53. The second kappa shape index (κ2) is 7.20. The van der Waals surface area contributed by atoms with Crippen LogP contribution in [0, 0.1) is 0 Å². The second-order valence-corrected chi connectivity index (χ2v) is 8.29. The van der Waals surface area contributed by atoms with E-state index in [1.165, 1.54) is 32.0 Å². The third kappa shape index (κ3) is 3.52. The molecule has 1 nitrogen and oxygen atoms in total. The van der Waals surface area contributed by atoms with Gasteiger partial charge in [-0.2, -0.15) is 0 Å². The van der Waals surface area contributed by atoms with Crippen LogP contribution >= 0.6 is 11.8 Å². The highest BCUT2D eigenvalue weighted by atomic mass is 32.2. The number of rotatable bonds is 4. The highest BCUT2D eigenvalue weighted by Gasteiger charge is 2.18. The molecule has 26 heavy (non-hydrogen) atoms. The number of fused-ring (bicyclic) bond motifs is 2. The van der Waals surface area contributed by atoms with E-state index in [1.54, 1.807) is 0 Å². The van der Waals surface area contributed by atoms with Gasteiger partial charge in [0, 0.05) is 15.7 Å². The van der Waals surface area contributed by atoms with Crippen LogP contribution in [0.3, 0.4) is 0 Å². The first-order valence-electron chi connectivity index (χ1n) is 9.25. The zero-order chi connectivity index (χ0) is 18.1. The maximum absolute atomic E-state index is 5.76. The minimum atomic E-state index is 0.208. The second-order valence-electron chi connectivity index (χ2n) is 7.21. The van der Waals surface area contributed by atoms with Crippen LogP contribution in [0.5, 0.6) is 5.75 Å². The molecule has 1 aliphatic heterocycles. The molecule has 0 saturated heterocycles. The van der Waals surface area contributed by atoms with Crippen LogP contribution in [-0.4, -0.2) is 6.10 Å². The van der Waals surface area contributed by atoms with Crippen molar-refractivity contribution >= 4 is 11.8 Å². The summed E-state index contributed by atoms with van der Waals surface area (Å²) in [6, 6.07) is 24.2. The van der Waals surface area contributed by atoms with Gasteiger partial charge in [-0.15, -0.1) is 0 Å². The van der Waals surface area contributed by atoms with E-state index in [0.717, 1.165) is 12.2 Å². The molecule has 1 unspecified atom stereocenters. The highest BCUT2D eigenvalue weighted by molar-refractivity contribution is 7.99. The molecule has 3 aromatic carbocycles. The van der Waals surface area contributed by atoms with E-state index in [9.17, 15) is 0 Å².